The van der Waals surface area contributed by atoms with E-state index in [4.69, 9.17) is 0 Å². The molecule has 6 heteroatoms. The molecule has 436 valence electrons. The average Bonchev–Trinajstić information content (AvgIpc) is 1.44. The molecule has 0 fully saturated rings. The Balaban J connectivity index is 0.928. The predicted molar refractivity (Wildman–Crippen MR) is 394 cm³/mol. The molecule has 6 heterocycles. The number of fused-ring (bicyclic) bond motifs is 10. The highest BCUT2D eigenvalue weighted by Gasteiger charge is 2.43. The van der Waals surface area contributed by atoms with Crippen LogP contribution in [-0.2, 0) is 0 Å². The van der Waals surface area contributed by atoms with Crippen molar-refractivity contribution in [3.63, 3.8) is 0 Å². The second-order valence-electron chi connectivity index (χ2n) is 24.9. The summed E-state index contributed by atoms with van der Waals surface area (Å²) >= 11 is 0. The smallest absolute Gasteiger partial charge is 0.252 e. The van der Waals surface area contributed by atoms with Crippen LogP contribution in [0, 0.1) is 0 Å². The van der Waals surface area contributed by atoms with Crippen LogP contribution in [0.3, 0.4) is 0 Å². The van der Waals surface area contributed by atoms with Gasteiger partial charge in [-0.3, -0.25) is 9.97 Å². The van der Waals surface area contributed by atoms with E-state index in [0.717, 1.165) is 83.9 Å². The lowest BCUT2D eigenvalue weighted by Crippen LogP contribution is -2.60. The topological polar surface area (TPSA) is 38.9 Å². The van der Waals surface area contributed by atoms with Crippen LogP contribution in [0.25, 0.3) is 144 Å². The summed E-state index contributed by atoms with van der Waals surface area (Å²) in [6, 6.07) is 117. The lowest BCUT2D eigenvalue weighted by atomic mass is 9.33. The number of nitrogens with zero attached hydrogens (tertiary/aromatic N) is 5. The predicted octanol–water partition coefficient (Wildman–Crippen LogP) is 20.6. The first-order chi connectivity index (χ1) is 46.6. The number of para-hydroxylation sites is 2. The first-order valence-electron chi connectivity index (χ1n) is 32.3. The fourth-order valence-corrected chi connectivity index (χ4v) is 15.3. The Kier molecular flexibility index (Phi) is 12.3. The molecule has 17 aromatic rings. The molecule has 94 heavy (non-hydrogen) atoms. The molecule has 0 saturated heterocycles. The van der Waals surface area contributed by atoms with E-state index in [1.807, 2.05) is 24.8 Å². The van der Waals surface area contributed by atoms with Crippen LogP contribution in [0.5, 0.6) is 0 Å². The summed E-state index contributed by atoms with van der Waals surface area (Å²) in [4.78, 5) is 11.5. The summed E-state index contributed by atoms with van der Waals surface area (Å²) < 4.78 is 5.18. The van der Waals surface area contributed by atoms with Gasteiger partial charge in [-0.25, -0.2) is 0 Å². The monoisotopic (exact) mass is 1190 g/mol. The summed E-state index contributed by atoms with van der Waals surface area (Å²) in [7, 11) is 0. The van der Waals surface area contributed by atoms with Gasteiger partial charge in [-0.05, 0) is 221 Å². The highest BCUT2D eigenvalue weighted by atomic mass is 15.2. The second kappa shape index (κ2) is 21.7. The number of aromatic nitrogens is 4. The molecule has 2 aliphatic heterocycles. The SMILES string of the molecule is c1ccc(-c2cc(-c3ccccc3)cc(-c3ccc4c5ccc(-c6cc(-c7ccccc7)cc(-c7ccccc7)c6)cc5n(-c5cc6c7c(c5)-n5c8ccccc8c8cc(-c9ccncc9)cc(c85)B7c5cc(-c7ccncc7)ccc5N6c5ccccc5)c4c3)c2)cc1. The van der Waals surface area contributed by atoms with Gasteiger partial charge in [0.05, 0.1) is 22.2 Å². The van der Waals surface area contributed by atoms with Crippen molar-refractivity contribution in [1.82, 2.24) is 19.1 Å². The number of hydrogen-bond donors (Lipinski definition) is 0. The summed E-state index contributed by atoms with van der Waals surface area (Å²) in [5.41, 5.74) is 32.5. The zero-order valence-corrected chi connectivity index (χ0v) is 51.1. The van der Waals surface area contributed by atoms with E-state index in [1.165, 1.54) is 93.5 Å². The van der Waals surface area contributed by atoms with Crippen LogP contribution in [0.1, 0.15) is 0 Å². The Hall–Kier alpha value is -12.4. The Bertz CT molecular complexity index is 5530. The standard InChI is InChI=1S/C88H56BN5/c1-6-18-57(19-7-1)66-44-67(58-20-8-2-9-21-58)47-70(46-66)64-30-33-76-77-34-31-65(71-48-68(59-22-10-3-11-23-59)45-69(49-71)60-24-12-4-13-25-60)54-84(77)93(83(76)53-64)74-55-85-87-86(56-74)94-81-29-17-16-28-75(81)78-50-72(62-38-42-91-43-39-62)52-80(88(78)94)89(87)79-51-63(61-36-40-90-41-37-61)32-35-82(79)92(85)73-26-14-5-15-27-73/h1-56H. The van der Waals surface area contributed by atoms with Gasteiger partial charge in [0.1, 0.15) is 0 Å². The summed E-state index contributed by atoms with van der Waals surface area (Å²) in [6.07, 6.45) is 7.61. The van der Waals surface area contributed by atoms with E-state index in [0.29, 0.717) is 0 Å². The minimum Gasteiger partial charge on any atom is -0.311 e. The molecule has 2 aliphatic rings. The van der Waals surface area contributed by atoms with Crippen molar-refractivity contribution in [3.05, 3.63) is 340 Å². The van der Waals surface area contributed by atoms with Gasteiger partial charge in [-0.1, -0.05) is 200 Å². The fourth-order valence-electron chi connectivity index (χ4n) is 15.3. The molecule has 0 bridgehead atoms. The molecule has 0 atom stereocenters. The van der Waals surface area contributed by atoms with Gasteiger partial charge >= 0.3 is 0 Å². The van der Waals surface area contributed by atoms with Crippen LogP contribution in [-0.4, -0.2) is 25.8 Å². The molecule has 0 saturated carbocycles. The Morgan fingerprint density at radius 1 is 0.223 bits per heavy atom. The summed E-state index contributed by atoms with van der Waals surface area (Å²) in [5, 5.41) is 4.79. The second-order valence-corrected chi connectivity index (χ2v) is 24.9. The highest BCUT2D eigenvalue weighted by molar-refractivity contribution is 7.00. The lowest BCUT2D eigenvalue weighted by Gasteiger charge is -2.41. The lowest BCUT2D eigenvalue weighted by molar-refractivity contribution is 1.13. The van der Waals surface area contributed by atoms with Crippen molar-refractivity contribution >= 4 is 83.8 Å². The zero-order valence-electron chi connectivity index (χ0n) is 51.1. The van der Waals surface area contributed by atoms with Crippen LogP contribution in [0.15, 0.2) is 340 Å². The van der Waals surface area contributed by atoms with Crippen LogP contribution < -0.4 is 21.3 Å². The highest BCUT2D eigenvalue weighted by Crippen LogP contribution is 2.47. The van der Waals surface area contributed by atoms with Crippen LogP contribution >= 0.6 is 0 Å². The van der Waals surface area contributed by atoms with E-state index in [2.05, 4.69) is 339 Å². The summed E-state index contributed by atoms with van der Waals surface area (Å²) in [5.74, 6) is 0. The third-order valence-corrected chi connectivity index (χ3v) is 19.6. The first kappa shape index (κ1) is 53.5. The third-order valence-electron chi connectivity index (χ3n) is 19.6. The van der Waals surface area contributed by atoms with E-state index < -0.39 is 0 Å². The largest absolute Gasteiger partial charge is 0.311 e. The van der Waals surface area contributed by atoms with Crippen LogP contribution in [0.4, 0.5) is 17.1 Å². The number of anilines is 3. The Morgan fingerprint density at radius 3 is 1.14 bits per heavy atom. The van der Waals surface area contributed by atoms with Crippen molar-refractivity contribution in [1.29, 1.82) is 0 Å². The maximum absolute atomic E-state index is 4.48. The Labute approximate surface area is 545 Å². The van der Waals surface area contributed by atoms with Gasteiger partial charge in [0.25, 0.3) is 6.71 Å². The molecular weight excluding hydrogens is 1140 g/mol. The number of rotatable bonds is 10. The normalized spacial score (nSPS) is 12.2. The number of hydrogen-bond acceptors (Lipinski definition) is 3. The average molecular weight is 1190 g/mol. The van der Waals surface area contributed by atoms with E-state index in [1.54, 1.807) is 0 Å². The van der Waals surface area contributed by atoms with Crippen molar-refractivity contribution in [2.75, 3.05) is 4.90 Å². The Morgan fingerprint density at radius 2 is 0.617 bits per heavy atom. The van der Waals surface area contributed by atoms with E-state index in [9.17, 15) is 0 Å². The molecule has 0 amide bonds. The van der Waals surface area contributed by atoms with Gasteiger partial charge in [-0.15, -0.1) is 0 Å². The summed E-state index contributed by atoms with van der Waals surface area (Å²) in [6.45, 7) is -0.153. The first-order valence-corrected chi connectivity index (χ1v) is 32.3. The molecule has 5 nitrogen and oxygen atoms in total. The van der Waals surface area contributed by atoms with Crippen LogP contribution in [0.2, 0.25) is 0 Å². The molecule has 4 aromatic heterocycles. The van der Waals surface area contributed by atoms with Gasteiger partial charge in [0.2, 0.25) is 0 Å². The molecule has 0 aliphatic carbocycles. The molecule has 0 unspecified atom stereocenters. The van der Waals surface area contributed by atoms with Crippen molar-refractivity contribution in [2.45, 2.75) is 0 Å². The van der Waals surface area contributed by atoms with E-state index in [-0.39, 0.29) is 6.71 Å². The van der Waals surface area contributed by atoms with Gasteiger partial charge in [-0.2, -0.15) is 0 Å². The van der Waals surface area contributed by atoms with Crippen molar-refractivity contribution < 1.29 is 0 Å². The molecule has 0 N–H and O–H groups in total. The minimum atomic E-state index is -0.153. The van der Waals surface area contributed by atoms with Gasteiger partial charge < -0.3 is 14.0 Å². The fraction of sp³-hybridized carbons (Fsp3) is 0. The number of benzene rings is 13. The molecule has 0 radical (unpaired) electrons. The maximum Gasteiger partial charge on any atom is 0.252 e. The molecule has 19 rings (SSSR count). The van der Waals surface area contributed by atoms with Crippen molar-refractivity contribution in [3.8, 4) is 100 Å². The quantitative estimate of drug-likeness (QED) is 0.128. The molecule has 0 spiro atoms. The molecule has 13 aromatic carbocycles. The van der Waals surface area contributed by atoms with E-state index >= 15 is 0 Å². The van der Waals surface area contributed by atoms with Gasteiger partial charge in [0.15, 0.2) is 0 Å². The third kappa shape index (κ3) is 8.72. The zero-order chi connectivity index (χ0) is 61.8. The van der Waals surface area contributed by atoms with Gasteiger partial charge in [0, 0.05) is 74.6 Å². The number of pyridine rings is 2. The van der Waals surface area contributed by atoms with Crippen molar-refractivity contribution in [2.24, 2.45) is 0 Å². The molecular formula is C88H56BN5. The minimum absolute atomic E-state index is 0.153. The maximum atomic E-state index is 4.48.